The molecule has 66 heavy (non-hydrogen) atoms. The number of unbranched alkanes of at least 4 members (excludes halogenated alkanes) is 8. The summed E-state index contributed by atoms with van der Waals surface area (Å²) in [6.07, 6.45) is 10.3. The first-order valence-electron chi connectivity index (χ1n) is 23.6. The van der Waals surface area contributed by atoms with Gasteiger partial charge in [0.1, 0.15) is 48.9 Å². The van der Waals surface area contributed by atoms with E-state index in [1.54, 1.807) is 36.4 Å². The van der Waals surface area contributed by atoms with Crippen molar-refractivity contribution >= 4 is 39.4 Å². The van der Waals surface area contributed by atoms with Crippen molar-refractivity contribution in [3.63, 3.8) is 0 Å². The van der Waals surface area contributed by atoms with Gasteiger partial charge in [0.2, 0.25) is 33.7 Å². The molecule has 0 spiro atoms. The predicted octanol–water partition coefficient (Wildman–Crippen LogP) is 2.31. The quantitative estimate of drug-likeness (QED) is 0.0545. The lowest BCUT2D eigenvalue weighted by Gasteiger charge is -2.32. The van der Waals surface area contributed by atoms with Crippen LogP contribution in [0.1, 0.15) is 115 Å². The van der Waals surface area contributed by atoms with Crippen LogP contribution in [-0.2, 0) is 40.4 Å². The van der Waals surface area contributed by atoms with Gasteiger partial charge in [-0.1, -0.05) is 70.4 Å². The summed E-state index contributed by atoms with van der Waals surface area (Å²) in [7, 11) is -2.58. The van der Waals surface area contributed by atoms with Crippen LogP contribution in [0.25, 0.3) is 11.1 Å². The summed E-state index contributed by atoms with van der Waals surface area (Å²) >= 11 is 0. The molecule has 1 heterocycles. The normalized spacial score (nSPS) is 17.4. The van der Waals surface area contributed by atoms with Crippen LogP contribution in [0.5, 0.6) is 11.5 Å². The molecule has 4 bridgehead atoms. The Labute approximate surface area is 392 Å². The minimum Gasteiger partial charge on any atom is -0.492 e. The van der Waals surface area contributed by atoms with Gasteiger partial charge in [-0.2, -0.15) is 0 Å². The standard InChI is InChI=1S/C47H77N9O9S/c1-6-7-8-9-10-11-12-15-24-51-25-28-66(62,63)55-39(16-13-14-21-48)47(61)56(5)43-36-18-20-42(65-27-23-50)38(31-36)37-29-35(17-19-41(37)64-26-22-49)30-40(45(59)52-32(2)34(4)57)54-44(58)33(3)53-46(43)60/h17-20,29,31-33,39-40,43,51,55H,6-16,21-28,30,48-50H2,1-5H3,(H,52,59)(H,53,60)(H,54,58)/t32-,33-,39-,40-,43-/m0/s1. The number of likely N-dealkylation sites (N-methyl/N-ethyl adjacent to an activating group) is 1. The zero-order valence-corrected chi connectivity index (χ0v) is 40.6. The van der Waals surface area contributed by atoms with E-state index in [9.17, 15) is 32.4 Å². The highest BCUT2D eigenvalue weighted by Crippen LogP contribution is 2.40. The average Bonchev–Trinajstić information content (AvgIpc) is 3.28. The Balaban J connectivity index is 2.06. The number of fused-ring (bicyclic) bond motifs is 5. The predicted molar refractivity (Wildman–Crippen MR) is 257 cm³/mol. The number of nitrogens with zero attached hydrogens (tertiary/aromatic N) is 1. The Bertz CT molecular complexity index is 1990. The number of rotatable bonds is 29. The van der Waals surface area contributed by atoms with Crippen molar-refractivity contribution in [3.8, 4) is 22.6 Å². The van der Waals surface area contributed by atoms with Gasteiger partial charge < -0.3 is 52.8 Å². The number of hydrogen-bond acceptors (Lipinski definition) is 13. The number of carbonyl (C=O) groups is 5. The van der Waals surface area contributed by atoms with E-state index in [0.717, 1.165) is 19.3 Å². The number of amides is 4. The van der Waals surface area contributed by atoms with Gasteiger partial charge in [-0.25, -0.2) is 13.1 Å². The van der Waals surface area contributed by atoms with Crippen LogP contribution >= 0.6 is 0 Å². The topological polar surface area (TPSA) is 279 Å². The maximum absolute atomic E-state index is 14.7. The smallest absolute Gasteiger partial charge is 0.248 e. The third kappa shape index (κ3) is 18.2. The average molecular weight is 944 g/mol. The lowest BCUT2D eigenvalue weighted by Crippen LogP contribution is -2.56. The van der Waals surface area contributed by atoms with Gasteiger partial charge in [0.05, 0.1) is 11.8 Å². The van der Waals surface area contributed by atoms with Crippen molar-refractivity contribution in [2.75, 3.05) is 58.7 Å². The fourth-order valence-electron chi connectivity index (χ4n) is 7.59. The molecular formula is C47H77N9O9S. The summed E-state index contributed by atoms with van der Waals surface area (Å²) in [5.41, 5.74) is 19.3. The first-order chi connectivity index (χ1) is 31.6. The molecule has 3 rings (SSSR count). The summed E-state index contributed by atoms with van der Waals surface area (Å²) in [4.78, 5) is 70.1. The summed E-state index contributed by atoms with van der Waals surface area (Å²) < 4.78 is 41.9. The summed E-state index contributed by atoms with van der Waals surface area (Å²) in [5, 5.41) is 11.3. The van der Waals surface area contributed by atoms with Crippen molar-refractivity contribution in [1.29, 1.82) is 0 Å². The largest absolute Gasteiger partial charge is 0.492 e. The maximum Gasteiger partial charge on any atom is 0.248 e. The Morgan fingerprint density at radius 2 is 1.44 bits per heavy atom. The third-order valence-electron chi connectivity index (χ3n) is 11.5. The zero-order valence-electron chi connectivity index (χ0n) is 39.8. The molecule has 0 aliphatic carbocycles. The number of sulfonamides is 1. The summed E-state index contributed by atoms with van der Waals surface area (Å²) in [6, 6.07) is 4.23. The highest BCUT2D eigenvalue weighted by molar-refractivity contribution is 7.89. The minimum absolute atomic E-state index is 0.0116. The van der Waals surface area contributed by atoms with E-state index in [-0.39, 0.29) is 57.2 Å². The van der Waals surface area contributed by atoms with Crippen LogP contribution in [-0.4, -0.2) is 126 Å². The number of Topliss-reactive ketones (excluding diaryl/α,β-unsaturated/α-hetero) is 1. The van der Waals surface area contributed by atoms with E-state index in [1.807, 2.05) is 0 Å². The van der Waals surface area contributed by atoms with Crippen LogP contribution < -0.4 is 52.7 Å². The van der Waals surface area contributed by atoms with Gasteiger partial charge >= 0.3 is 0 Å². The molecule has 370 valence electrons. The number of nitrogens with two attached hydrogens (primary N) is 3. The second-order valence-electron chi connectivity index (χ2n) is 17.0. The van der Waals surface area contributed by atoms with Gasteiger partial charge in [0, 0.05) is 44.2 Å². The van der Waals surface area contributed by atoms with E-state index in [0.29, 0.717) is 59.7 Å². The Morgan fingerprint density at radius 1 is 0.818 bits per heavy atom. The lowest BCUT2D eigenvalue weighted by molar-refractivity contribution is -0.141. The number of benzene rings is 2. The molecule has 0 saturated heterocycles. The number of ether oxygens (including phenoxy) is 2. The number of nitrogens with one attached hydrogen (secondary N) is 5. The minimum atomic E-state index is -3.99. The van der Waals surface area contributed by atoms with Crippen molar-refractivity contribution in [2.45, 2.75) is 135 Å². The summed E-state index contributed by atoms with van der Waals surface area (Å²) in [6.45, 7) is 8.36. The van der Waals surface area contributed by atoms with Crippen LogP contribution in [0.15, 0.2) is 36.4 Å². The second kappa shape index (κ2) is 29.2. The van der Waals surface area contributed by atoms with Gasteiger partial charge in [-0.15, -0.1) is 0 Å². The molecule has 5 atom stereocenters. The molecule has 0 radical (unpaired) electrons. The molecule has 0 aromatic heterocycles. The molecule has 2 aromatic carbocycles. The molecule has 4 amide bonds. The van der Waals surface area contributed by atoms with Crippen LogP contribution in [0, 0.1) is 0 Å². The van der Waals surface area contributed by atoms with Gasteiger partial charge in [0.15, 0.2) is 5.78 Å². The van der Waals surface area contributed by atoms with Gasteiger partial charge in [0.25, 0.3) is 0 Å². The molecule has 1 aliphatic rings. The molecule has 1 aliphatic heterocycles. The zero-order chi connectivity index (χ0) is 48.6. The first-order valence-corrected chi connectivity index (χ1v) is 25.2. The van der Waals surface area contributed by atoms with E-state index in [2.05, 4.69) is 32.9 Å². The van der Waals surface area contributed by atoms with Crippen molar-refractivity contribution in [3.05, 3.63) is 47.5 Å². The van der Waals surface area contributed by atoms with E-state index >= 15 is 0 Å². The van der Waals surface area contributed by atoms with Gasteiger partial charge in [-0.3, -0.25) is 24.0 Å². The highest BCUT2D eigenvalue weighted by Gasteiger charge is 2.37. The fourth-order valence-corrected chi connectivity index (χ4v) is 8.77. The summed E-state index contributed by atoms with van der Waals surface area (Å²) in [5.74, 6) is -2.57. The van der Waals surface area contributed by atoms with E-state index in [1.165, 1.54) is 64.8 Å². The lowest BCUT2D eigenvalue weighted by atomic mass is 9.93. The molecule has 0 unspecified atom stereocenters. The van der Waals surface area contributed by atoms with Crippen molar-refractivity contribution in [2.24, 2.45) is 17.2 Å². The Morgan fingerprint density at radius 3 is 2.06 bits per heavy atom. The van der Waals surface area contributed by atoms with E-state index in [4.69, 9.17) is 26.7 Å². The third-order valence-corrected chi connectivity index (χ3v) is 12.9. The van der Waals surface area contributed by atoms with Gasteiger partial charge in [-0.05, 0) is 88.5 Å². The molecular weight excluding hydrogens is 867 g/mol. The Hall–Kier alpha value is -4.66. The molecule has 19 heteroatoms. The molecule has 0 saturated carbocycles. The van der Waals surface area contributed by atoms with Crippen molar-refractivity contribution < 1.29 is 41.9 Å². The first kappa shape index (κ1) is 55.7. The number of carbonyl (C=O) groups excluding carboxylic acids is 5. The molecule has 18 nitrogen and oxygen atoms in total. The number of hydrogen-bond donors (Lipinski definition) is 8. The van der Waals surface area contributed by atoms with Crippen LogP contribution in [0.4, 0.5) is 0 Å². The second-order valence-corrected chi connectivity index (χ2v) is 18.9. The Kier molecular flexibility index (Phi) is 24.6. The van der Waals surface area contributed by atoms with E-state index < -0.39 is 63.9 Å². The monoisotopic (exact) mass is 944 g/mol. The van der Waals surface area contributed by atoms with Crippen molar-refractivity contribution in [1.82, 2.24) is 30.9 Å². The number of ketones is 1. The molecule has 0 fully saturated rings. The highest BCUT2D eigenvalue weighted by atomic mass is 32.2. The van der Waals surface area contributed by atoms with Crippen LogP contribution in [0.3, 0.4) is 0 Å². The molecule has 2 aromatic rings. The maximum atomic E-state index is 14.7. The fraction of sp³-hybridized carbons (Fsp3) is 0.638. The van der Waals surface area contributed by atoms with Crippen LogP contribution in [0.2, 0.25) is 0 Å². The SMILES string of the molecule is CCCCCCCCCCNCCS(=O)(=O)N[C@@H](CCCCN)C(=O)N(C)[C@@H]1C(=O)N[C@@H](C)C(=O)N[C@H](C(=O)N[C@@H](C)C(C)=O)Cc2ccc(OCCN)c(c2)-c2cc1ccc2OCCN. The molecule has 11 N–H and O–H groups in total.